The predicted octanol–water partition coefficient (Wildman–Crippen LogP) is 5.57. The molecule has 5 rings (SSSR count). The van der Waals surface area contributed by atoms with E-state index >= 15 is 0 Å². The molecule has 0 saturated carbocycles. The van der Waals surface area contributed by atoms with Gasteiger partial charge in [0.05, 0.1) is 36.5 Å². The normalized spacial score (nSPS) is 15.5. The lowest BCUT2D eigenvalue weighted by Crippen LogP contribution is -2.43. The van der Waals surface area contributed by atoms with E-state index in [1.165, 1.54) is 11.3 Å². The summed E-state index contributed by atoms with van der Waals surface area (Å²) < 4.78 is 12.1. The molecule has 8 nitrogen and oxygen atoms in total. The van der Waals surface area contributed by atoms with E-state index in [9.17, 15) is 4.79 Å². The Labute approximate surface area is 213 Å². The largest absolute Gasteiger partial charge is 0.457 e. The maximum Gasteiger partial charge on any atom is 0.275 e. The van der Waals surface area contributed by atoms with Crippen molar-refractivity contribution in [2.45, 2.75) is 26.4 Å². The Morgan fingerprint density at radius 3 is 2.83 bits per heavy atom. The summed E-state index contributed by atoms with van der Waals surface area (Å²) in [6, 6.07) is 15.3. The number of amides is 1. The lowest BCUT2D eigenvalue weighted by Gasteiger charge is -2.36. The SMILES string of the molecule is CC[C@@H]1CN(c2c(NC(=O)c3csc(-c4ccnnc4)n3)ccc(Oc3ccccc3)c2C)CCO1. The fourth-order valence-electron chi connectivity index (χ4n) is 4.20. The van der Waals surface area contributed by atoms with Crippen LogP contribution in [0.25, 0.3) is 10.6 Å². The molecule has 2 aromatic heterocycles. The molecule has 36 heavy (non-hydrogen) atoms. The highest BCUT2D eigenvalue weighted by Gasteiger charge is 2.25. The van der Waals surface area contributed by atoms with E-state index in [0.29, 0.717) is 12.3 Å². The van der Waals surface area contributed by atoms with E-state index in [4.69, 9.17) is 9.47 Å². The molecule has 1 amide bonds. The van der Waals surface area contributed by atoms with E-state index in [0.717, 1.165) is 58.5 Å². The van der Waals surface area contributed by atoms with Gasteiger partial charge in [-0.2, -0.15) is 10.2 Å². The number of aromatic nitrogens is 3. The van der Waals surface area contributed by atoms with Crippen molar-refractivity contribution < 1.29 is 14.3 Å². The van der Waals surface area contributed by atoms with Gasteiger partial charge in [-0.05, 0) is 43.7 Å². The van der Waals surface area contributed by atoms with Gasteiger partial charge in [-0.15, -0.1) is 11.3 Å². The van der Waals surface area contributed by atoms with Crippen LogP contribution in [0.3, 0.4) is 0 Å². The van der Waals surface area contributed by atoms with Gasteiger partial charge in [-0.1, -0.05) is 25.1 Å². The summed E-state index contributed by atoms with van der Waals surface area (Å²) in [5.74, 6) is 1.24. The molecule has 2 aromatic carbocycles. The second kappa shape index (κ2) is 10.8. The average molecular weight is 502 g/mol. The first-order valence-electron chi connectivity index (χ1n) is 11.9. The first-order valence-corrected chi connectivity index (χ1v) is 12.8. The van der Waals surface area contributed by atoms with Gasteiger partial charge in [-0.25, -0.2) is 4.98 Å². The minimum absolute atomic E-state index is 0.135. The molecule has 0 aliphatic carbocycles. The maximum absolute atomic E-state index is 13.2. The van der Waals surface area contributed by atoms with Crippen molar-refractivity contribution in [2.24, 2.45) is 0 Å². The first kappa shape index (κ1) is 23.9. The molecule has 1 N–H and O–H groups in total. The zero-order chi connectivity index (χ0) is 24.9. The van der Waals surface area contributed by atoms with Crippen LogP contribution in [0.2, 0.25) is 0 Å². The molecule has 0 unspecified atom stereocenters. The Balaban J connectivity index is 1.45. The number of para-hydroxylation sites is 1. The molecule has 9 heteroatoms. The number of thiazole rings is 1. The van der Waals surface area contributed by atoms with Crippen molar-refractivity contribution in [2.75, 3.05) is 29.9 Å². The number of carbonyl (C=O) groups excluding carboxylic acids is 1. The standard InChI is InChI=1S/C27H27N5O3S/c1-3-20-16-32(13-14-34-20)25-18(2)24(35-21-7-5-4-6-8-21)10-9-22(25)30-26(33)23-17-36-27(31-23)19-11-12-28-29-15-19/h4-12,15,17,20H,3,13-14,16H2,1-2H3,(H,30,33)/t20-/m1/s1. The van der Waals surface area contributed by atoms with Crippen molar-refractivity contribution in [1.82, 2.24) is 15.2 Å². The van der Waals surface area contributed by atoms with E-state index in [1.807, 2.05) is 55.5 Å². The smallest absolute Gasteiger partial charge is 0.275 e. The number of hydrogen-bond donors (Lipinski definition) is 1. The molecule has 4 aromatic rings. The minimum Gasteiger partial charge on any atom is -0.457 e. The summed E-state index contributed by atoms with van der Waals surface area (Å²) >= 11 is 1.40. The van der Waals surface area contributed by atoms with Gasteiger partial charge in [0.2, 0.25) is 0 Å². The predicted molar refractivity (Wildman–Crippen MR) is 141 cm³/mol. The van der Waals surface area contributed by atoms with Crippen LogP contribution in [-0.2, 0) is 4.74 Å². The van der Waals surface area contributed by atoms with E-state index in [-0.39, 0.29) is 12.0 Å². The number of ether oxygens (including phenoxy) is 2. The third-order valence-electron chi connectivity index (χ3n) is 6.08. The fraction of sp³-hybridized carbons (Fsp3) is 0.259. The number of rotatable bonds is 7. The average Bonchev–Trinajstić information content (AvgIpc) is 3.42. The highest BCUT2D eigenvalue weighted by molar-refractivity contribution is 7.13. The van der Waals surface area contributed by atoms with Gasteiger partial charge in [0, 0.05) is 29.6 Å². The Hall–Kier alpha value is -3.82. The molecule has 0 bridgehead atoms. The lowest BCUT2D eigenvalue weighted by molar-refractivity contribution is 0.0384. The second-order valence-electron chi connectivity index (χ2n) is 8.47. The van der Waals surface area contributed by atoms with Gasteiger partial charge in [-0.3, -0.25) is 4.79 Å². The summed E-state index contributed by atoms with van der Waals surface area (Å²) in [6.45, 7) is 6.24. The van der Waals surface area contributed by atoms with Crippen LogP contribution in [0.5, 0.6) is 11.5 Å². The quantitative estimate of drug-likeness (QED) is 0.354. The number of benzene rings is 2. The van der Waals surface area contributed by atoms with Crippen molar-refractivity contribution in [1.29, 1.82) is 0 Å². The molecule has 0 radical (unpaired) electrons. The topological polar surface area (TPSA) is 89.5 Å². The third kappa shape index (κ3) is 5.22. The van der Waals surface area contributed by atoms with Crippen LogP contribution in [-0.4, -0.2) is 46.9 Å². The molecular weight excluding hydrogens is 474 g/mol. The van der Waals surface area contributed by atoms with Crippen LogP contribution in [0.15, 0.2) is 66.3 Å². The summed E-state index contributed by atoms with van der Waals surface area (Å²) in [5, 5.41) is 13.3. The van der Waals surface area contributed by atoms with E-state index in [2.05, 4.69) is 32.3 Å². The number of morpholine rings is 1. The number of anilines is 2. The molecule has 1 aliphatic rings. The summed E-state index contributed by atoms with van der Waals surface area (Å²) in [5.41, 5.74) is 3.79. The molecule has 1 saturated heterocycles. The van der Waals surface area contributed by atoms with Crippen molar-refractivity contribution in [3.8, 4) is 22.1 Å². The molecule has 184 valence electrons. The van der Waals surface area contributed by atoms with Gasteiger partial charge < -0.3 is 19.7 Å². The zero-order valence-corrected chi connectivity index (χ0v) is 21.0. The summed E-state index contributed by atoms with van der Waals surface area (Å²) in [7, 11) is 0. The summed E-state index contributed by atoms with van der Waals surface area (Å²) in [6.07, 6.45) is 4.30. The van der Waals surface area contributed by atoms with Gasteiger partial charge >= 0.3 is 0 Å². The number of nitrogens with zero attached hydrogens (tertiary/aromatic N) is 4. The molecule has 1 fully saturated rings. The van der Waals surface area contributed by atoms with Crippen molar-refractivity contribution in [3.05, 3.63) is 77.6 Å². The van der Waals surface area contributed by atoms with Crippen LogP contribution in [0.1, 0.15) is 29.4 Å². The van der Waals surface area contributed by atoms with Crippen LogP contribution >= 0.6 is 11.3 Å². The first-order chi connectivity index (χ1) is 17.6. The monoisotopic (exact) mass is 501 g/mol. The number of hydrogen-bond acceptors (Lipinski definition) is 8. The maximum atomic E-state index is 13.2. The Kier molecular flexibility index (Phi) is 7.20. The van der Waals surface area contributed by atoms with Gasteiger partial charge in [0.1, 0.15) is 22.2 Å². The van der Waals surface area contributed by atoms with Gasteiger partial charge in [0.15, 0.2) is 0 Å². The highest BCUT2D eigenvalue weighted by atomic mass is 32.1. The molecule has 1 atom stereocenters. The Morgan fingerprint density at radius 2 is 2.06 bits per heavy atom. The molecular formula is C27H27N5O3S. The van der Waals surface area contributed by atoms with E-state index in [1.54, 1.807) is 17.8 Å². The third-order valence-corrected chi connectivity index (χ3v) is 6.97. The second-order valence-corrected chi connectivity index (χ2v) is 9.33. The molecule has 1 aliphatic heterocycles. The molecule has 0 spiro atoms. The summed E-state index contributed by atoms with van der Waals surface area (Å²) in [4.78, 5) is 20.0. The Morgan fingerprint density at radius 1 is 1.19 bits per heavy atom. The minimum atomic E-state index is -0.266. The van der Waals surface area contributed by atoms with Gasteiger partial charge in [0.25, 0.3) is 5.91 Å². The number of carbonyl (C=O) groups is 1. The molecule has 3 heterocycles. The highest BCUT2D eigenvalue weighted by Crippen LogP contribution is 2.39. The van der Waals surface area contributed by atoms with E-state index < -0.39 is 0 Å². The van der Waals surface area contributed by atoms with Crippen molar-refractivity contribution in [3.63, 3.8) is 0 Å². The number of nitrogens with one attached hydrogen (secondary N) is 1. The fourth-order valence-corrected chi connectivity index (χ4v) is 4.99. The van der Waals surface area contributed by atoms with Crippen LogP contribution in [0, 0.1) is 6.92 Å². The lowest BCUT2D eigenvalue weighted by atomic mass is 10.1. The zero-order valence-electron chi connectivity index (χ0n) is 20.2. The van der Waals surface area contributed by atoms with Crippen molar-refractivity contribution >= 4 is 28.6 Å². The van der Waals surface area contributed by atoms with Crippen LogP contribution < -0.4 is 15.0 Å². The Bertz CT molecular complexity index is 1330. The van der Waals surface area contributed by atoms with Crippen LogP contribution in [0.4, 0.5) is 11.4 Å².